The molecule has 0 unspecified atom stereocenters. The van der Waals surface area contributed by atoms with E-state index in [0.717, 1.165) is 32.1 Å². The van der Waals surface area contributed by atoms with Crippen LogP contribution in [0, 0.1) is 5.92 Å². The van der Waals surface area contributed by atoms with E-state index in [9.17, 15) is 13.2 Å². The van der Waals surface area contributed by atoms with Gasteiger partial charge in [-0.2, -0.15) is 0 Å². The highest BCUT2D eigenvalue weighted by Crippen LogP contribution is 2.42. The highest BCUT2D eigenvalue weighted by molar-refractivity contribution is 7.90. The van der Waals surface area contributed by atoms with Crippen LogP contribution in [0.2, 0.25) is 0 Å². The maximum atomic E-state index is 12.5. The Balaban J connectivity index is 1.82. The third kappa shape index (κ3) is 4.22. The van der Waals surface area contributed by atoms with Gasteiger partial charge in [0.15, 0.2) is 0 Å². The Hall–Kier alpha value is -1.86. The van der Waals surface area contributed by atoms with Gasteiger partial charge in [0.2, 0.25) is 0 Å². The van der Waals surface area contributed by atoms with E-state index in [2.05, 4.69) is 4.72 Å². The van der Waals surface area contributed by atoms with Crippen molar-refractivity contribution in [3.8, 4) is 5.75 Å². The first-order valence-corrected chi connectivity index (χ1v) is 10.2. The van der Waals surface area contributed by atoms with Crippen molar-refractivity contribution in [3.63, 3.8) is 0 Å². The van der Waals surface area contributed by atoms with Crippen molar-refractivity contribution in [2.75, 3.05) is 6.61 Å². The van der Waals surface area contributed by atoms with Crippen molar-refractivity contribution in [1.82, 2.24) is 4.72 Å². The number of rotatable bonds is 0. The summed E-state index contributed by atoms with van der Waals surface area (Å²) < 4.78 is 32.7. The molecule has 3 N–H and O–H groups in total. The molecular formula is C18H24N2O4S. The minimum Gasteiger partial charge on any atom is -0.494 e. The Morgan fingerprint density at radius 1 is 1.20 bits per heavy atom. The molecule has 7 heteroatoms. The lowest BCUT2D eigenvalue weighted by Gasteiger charge is -2.13. The number of nitrogens with one attached hydrogen (secondary N) is 1. The van der Waals surface area contributed by atoms with E-state index in [-0.39, 0.29) is 10.8 Å². The van der Waals surface area contributed by atoms with Crippen molar-refractivity contribution in [2.45, 2.75) is 49.0 Å². The van der Waals surface area contributed by atoms with Gasteiger partial charge in [0.05, 0.1) is 11.5 Å². The first kappa shape index (κ1) is 17.9. The molecule has 1 heterocycles. The Bertz CT molecular complexity index is 775. The normalized spacial score (nSPS) is 29.6. The summed E-state index contributed by atoms with van der Waals surface area (Å²) in [5.41, 5.74) is 4.94. The van der Waals surface area contributed by atoms with Crippen LogP contribution in [-0.4, -0.2) is 26.5 Å². The van der Waals surface area contributed by atoms with Gasteiger partial charge in [0, 0.05) is 12.0 Å². The van der Waals surface area contributed by atoms with E-state index in [1.165, 1.54) is 12.1 Å². The monoisotopic (exact) mass is 364 g/mol. The second kappa shape index (κ2) is 7.17. The molecule has 1 amide bonds. The molecule has 3 rings (SSSR count). The molecule has 1 aliphatic carbocycles. The lowest BCUT2D eigenvalue weighted by atomic mass is 10.1. The largest absolute Gasteiger partial charge is 0.494 e. The SMILES string of the molecule is N[C@]12C[C@H]1C=CCCCCCCOc1cccc(c1)S(=O)(=O)NC2=O. The molecule has 1 aliphatic heterocycles. The van der Waals surface area contributed by atoms with Gasteiger partial charge in [-0.1, -0.05) is 31.1 Å². The van der Waals surface area contributed by atoms with Crippen LogP contribution in [0.25, 0.3) is 0 Å². The molecule has 1 aromatic carbocycles. The lowest BCUT2D eigenvalue weighted by molar-refractivity contribution is -0.121. The van der Waals surface area contributed by atoms with Gasteiger partial charge in [0.25, 0.3) is 15.9 Å². The minimum atomic E-state index is -3.97. The first-order chi connectivity index (χ1) is 11.9. The summed E-state index contributed by atoms with van der Waals surface area (Å²) in [5, 5.41) is 0. The van der Waals surface area contributed by atoms with Crippen molar-refractivity contribution in [2.24, 2.45) is 11.7 Å². The van der Waals surface area contributed by atoms with Gasteiger partial charge in [-0.15, -0.1) is 0 Å². The first-order valence-electron chi connectivity index (χ1n) is 8.67. The predicted molar refractivity (Wildman–Crippen MR) is 94.5 cm³/mol. The fourth-order valence-electron chi connectivity index (χ4n) is 2.98. The summed E-state index contributed by atoms with van der Waals surface area (Å²) >= 11 is 0. The van der Waals surface area contributed by atoms with E-state index < -0.39 is 21.5 Å². The standard InChI is InChI=1S/C18H24N2O4S/c19-18-13-14(18)8-5-3-1-2-4-6-11-24-15-9-7-10-16(12-15)25(22,23)20-17(18)21/h5,7-10,12,14H,1-4,6,11,13,19H2,(H,20,21)/t14-,18-/m1/s1. The molecule has 136 valence electrons. The molecule has 0 aromatic heterocycles. The molecule has 2 atom stereocenters. The summed E-state index contributed by atoms with van der Waals surface area (Å²) in [6, 6.07) is 6.18. The van der Waals surface area contributed by atoms with E-state index in [0.29, 0.717) is 18.8 Å². The van der Waals surface area contributed by atoms with Gasteiger partial charge in [-0.05, 0) is 37.8 Å². The number of fused-ring (bicyclic) bond motifs is 3. The number of sulfonamides is 1. The zero-order chi connectivity index (χ0) is 17.9. The lowest BCUT2D eigenvalue weighted by Crippen LogP contribution is -2.46. The smallest absolute Gasteiger partial charge is 0.264 e. The van der Waals surface area contributed by atoms with Gasteiger partial charge in [0.1, 0.15) is 11.3 Å². The summed E-state index contributed by atoms with van der Waals surface area (Å²) in [6.45, 7) is 0.541. The fraction of sp³-hybridized carbons (Fsp3) is 0.500. The van der Waals surface area contributed by atoms with E-state index in [1.807, 2.05) is 12.2 Å². The quantitative estimate of drug-likeness (QED) is 0.687. The molecule has 0 saturated heterocycles. The average Bonchev–Trinajstić information content (AvgIpc) is 3.24. The maximum Gasteiger partial charge on any atom is 0.264 e. The minimum absolute atomic E-state index is 0.000918. The molecule has 1 aromatic rings. The molecular weight excluding hydrogens is 340 g/mol. The number of allylic oxidation sites excluding steroid dienone is 1. The maximum absolute atomic E-state index is 12.5. The third-order valence-corrected chi connectivity index (χ3v) is 6.06. The zero-order valence-corrected chi connectivity index (χ0v) is 14.9. The second-order valence-electron chi connectivity index (χ2n) is 6.74. The molecule has 2 bridgehead atoms. The Morgan fingerprint density at radius 2 is 2.00 bits per heavy atom. The number of nitrogens with two attached hydrogens (primary N) is 1. The Kier molecular flexibility index (Phi) is 5.15. The molecule has 1 fully saturated rings. The number of hydrogen-bond donors (Lipinski definition) is 2. The van der Waals surface area contributed by atoms with Crippen LogP contribution in [0.4, 0.5) is 0 Å². The summed E-state index contributed by atoms with van der Waals surface area (Å²) in [4.78, 5) is 12.4. The Labute approximate surface area is 148 Å². The number of amides is 1. The molecule has 25 heavy (non-hydrogen) atoms. The predicted octanol–water partition coefficient (Wildman–Crippen LogP) is 2.11. The van der Waals surface area contributed by atoms with E-state index in [1.54, 1.807) is 12.1 Å². The zero-order valence-electron chi connectivity index (χ0n) is 14.1. The highest BCUT2D eigenvalue weighted by Gasteiger charge is 2.56. The number of carbonyl (C=O) groups is 1. The summed E-state index contributed by atoms with van der Waals surface area (Å²) in [6.07, 6.45) is 9.56. The number of benzene rings is 1. The summed E-state index contributed by atoms with van der Waals surface area (Å²) in [7, 11) is -3.97. The van der Waals surface area contributed by atoms with Crippen molar-refractivity contribution < 1.29 is 17.9 Å². The molecule has 6 nitrogen and oxygen atoms in total. The van der Waals surface area contributed by atoms with Crippen LogP contribution in [0.1, 0.15) is 38.5 Å². The van der Waals surface area contributed by atoms with Crippen LogP contribution in [0.5, 0.6) is 5.75 Å². The van der Waals surface area contributed by atoms with Gasteiger partial charge >= 0.3 is 0 Å². The van der Waals surface area contributed by atoms with Crippen LogP contribution in [0.3, 0.4) is 0 Å². The van der Waals surface area contributed by atoms with Crippen LogP contribution >= 0.6 is 0 Å². The topological polar surface area (TPSA) is 98.5 Å². The second-order valence-corrected chi connectivity index (χ2v) is 8.42. The average molecular weight is 364 g/mol. The van der Waals surface area contributed by atoms with Crippen molar-refractivity contribution >= 4 is 15.9 Å². The van der Waals surface area contributed by atoms with Gasteiger partial charge < -0.3 is 10.5 Å². The van der Waals surface area contributed by atoms with E-state index in [4.69, 9.17) is 10.5 Å². The van der Waals surface area contributed by atoms with Crippen LogP contribution in [-0.2, 0) is 14.8 Å². The Morgan fingerprint density at radius 3 is 2.84 bits per heavy atom. The molecule has 0 radical (unpaired) electrons. The van der Waals surface area contributed by atoms with Crippen LogP contribution < -0.4 is 15.2 Å². The molecule has 1 saturated carbocycles. The number of ether oxygens (including phenoxy) is 1. The summed E-state index contributed by atoms with van der Waals surface area (Å²) in [5.74, 6) is -0.279. The number of hydrogen-bond acceptors (Lipinski definition) is 5. The fourth-order valence-corrected chi connectivity index (χ4v) is 4.06. The molecule has 0 spiro atoms. The van der Waals surface area contributed by atoms with E-state index >= 15 is 0 Å². The molecule has 2 aliphatic rings. The third-order valence-electron chi connectivity index (χ3n) is 4.73. The van der Waals surface area contributed by atoms with Gasteiger partial charge in [-0.25, -0.2) is 13.1 Å². The van der Waals surface area contributed by atoms with Gasteiger partial charge in [-0.3, -0.25) is 4.79 Å². The van der Waals surface area contributed by atoms with Crippen molar-refractivity contribution in [1.29, 1.82) is 0 Å². The van der Waals surface area contributed by atoms with Crippen LogP contribution in [0.15, 0.2) is 41.3 Å². The highest BCUT2D eigenvalue weighted by atomic mass is 32.2. The number of carbonyl (C=O) groups excluding carboxylic acids is 1. The van der Waals surface area contributed by atoms with Crippen molar-refractivity contribution in [3.05, 3.63) is 36.4 Å².